The first-order valence-corrected chi connectivity index (χ1v) is 6.99. The highest BCUT2D eigenvalue weighted by atomic mass is 16.3. The summed E-state index contributed by atoms with van der Waals surface area (Å²) in [5.74, 6) is 0.115. The Morgan fingerprint density at radius 1 is 1.05 bits per heavy atom. The number of phenols is 1. The van der Waals surface area contributed by atoms with Crippen LogP contribution in [0.2, 0.25) is 0 Å². The van der Waals surface area contributed by atoms with E-state index in [4.69, 9.17) is 5.73 Å². The molecule has 2 aromatic rings. The Hall–Kier alpha value is -2.33. The van der Waals surface area contributed by atoms with Crippen molar-refractivity contribution in [2.75, 3.05) is 13.1 Å². The molecule has 0 saturated heterocycles. The topological polar surface area (TPSA) is 66.6 Å². The number of hydrogen-bond acceptors (Lipinski definition) is 3. The van der Waals surface area contributed by atoms with E-state index in [1.165, 1.54) is 0 Å². The molecule has 2 rings (SSSR count). The summed E-state index contributed by atoms with van der Waals surface area (Å²) < 4.78 is 0. The SMILES string of the molecule is NCCN(Cc1ccccc1)C(=O)Cc1ccccc1O. The third-order valence-electron chi connectivity index (χ3n) is 3.30. The minimum atomic E-state index is -0.0363. The maximum atomic E-state index is 12.4. The van der Waals surface area contributed by atoms with E-state index in [-0.39, 0.29) is 18.1 Å². The van der Waals surface area contributed by atoms with E-state index >= 15 is 0 Å². The number of benzene rings is 2. The minimum absolute atomic E-state index is 0.0363. The molecule has 0 spiro atoms. The highest BCUT2D eigenvalue weighted by Gasteiger charge is 2.15. The van der Waals surface area contributed by atoms with Crippen LogP contribution in [0, 0.1) is 0 Å². The van der Waals surface area contributed by atoms with Gasteiger partial charge < -0.3 is 15.7 Å². The van der Waals surface area contributed by atoms with Crippen LogP contribution in [-0.4, -0.2) is 29.0 Å². The molecule has 0 atom stereocenters. The molecule has 0 unspecified atom stereocenters. The standard InChI is InChI=1S/C17H20N2O2/c18-10-11-19(13-14-6-2-1-3-7-14)17(21)12-15-8-4-5-9-16(15)20/h1-9,20H,10-13,18H2. The van der Waals surface area contributed by atoms with Gasteiger partial charge in [0.1, 0.15) is 5.75 Å². The van der Waals surface area contributed by atoms with Crippen LogP contribution in [0.5, 0.6) is 5.75 Å². The van der Waals surface area contributed by atoms with Crippen molar-refractivity contribution in [2.45, 2.75) is 13.0 Å². The number of carbonyl (C=O) groups is 1. The van der Waals surface area contributed by atoms with E-state index < -0.39 is 0 Å². The summed E-state index contributed by atoms with van der Waals surface area (Å²) in [4.78, 5) is 14.1. The van der Waals surface area contributed by atoms with Crippen LogP contribution >= 0.6 is 0 Å². The predicted molar refractivity (Wildman–Crippen MR) is 82.7 cm³/mol. The molecule has 0 saturated carbocycles. The lowest BCUT2D eigenvalue weighted by atomic mass is 10.1. The zero-order chi connectivity index (χ0) is 15.1. The van der Waals surface area contributed by atoms with E-state index in [0.717, 1.165) is 5.56 Å². The molecule has 0 aliphatic heterocycles. The van der Waals surface area contributed by atoms with Crippen LogP contribution in [0.3, 0.4) is 0 Å². The fourth-order valence-electron chi connectivity index (χ4n) is 2.19. The highest BCUT2D eigenvalue weighted by molar-refractivity contribution is 5.79. The van der Waals surface area contributed by atoms with Gasteiger partial charge >= 0.3 is 0 Å². The molecule has 0 radical (unpaired) electrons. The Balaban J connectivity index is 2.07. The van der Waals surface area contributed by atoms with Crippen molar-refractivity contribution in [1.82, 2.24) is 4.90 Å². The van der Waals surface area contributed by atoms with Gasteiger partial charge in [-0.2, -0.15) is 0 Å². The molecule has 110 valence electrons. The average Bonchev–Trinajstić information content (AvgIpc) is 2.50. The van der Waals surface area contributed by atoms with E-state index in [2.05, 4.69) is 0 Å². The smallest absolute Gasteiger partial charge is 0.227 e. The number of amides is 1. The van der Waals surface area contributed by atoms with E-state index in [1.807, 2.05) is 36.4 Å². The highest BCUT2D eigenvalue weighted by Crippen LogP contribution is 2.17. The zero-order valence-electron chi connectivity index (χ0n) is 11.9. The van der Waals surface area contributed by atoms with Crippen LogP contribution in [0.4, 0.5) is 0 Å². The first-order chi connectivity index (χ1) is 10.2. The van der Waals surface area contributed by atoms with Gasteiger partial charge in [-0.3, -0.25) is 4.79 Å². The summed E-state index contributed by atoms with van der Waals surface area (Å²) >= 11 is 0. The number of phenolic OH excluding ortho intramolecular Hbond substituents is 1. The van der Waals surface area contributed by atoms with Crippen LogP contribution in [0.1, 0.15) is 11.1 Å². The molecule has 2 aromatic carbocycles. The Morgan fingerprint density at radius 3 is 2.38 bits per heavy atom. The van der Waals surface area contributed by atoms with Crippen LogP contribution in [0.15, 0.2) is 54.6 Å². The second-order valence-electron chi connectivity index (χ2n) is 4.90. The first kappa shape index (κ1) is 15.1. The normalized spacial score (nSPS) is 10.3. The number of para-hydroxylation sites is 1. The Labute approximate surface area is 124 Å². The molecule has 21 heavy (non-hydrogen) atoms. The van der Waals surface area contributed by atoms with Gasteiger partial charge in [0.2, 0.25) is 5.91 Å². The molecule has 0 aliphatic carbocycles. The molecule has 0 fully saturated rings. The minimum Gasteiger partial charge on any atom is -0.508 e. The van der Waals surface area contributed by atoms with Gasteiger partial charge in [-0.15, -0.1) is 0 Å². The molecule has 0 aliphatic rings. The molecule has 0 aromatic heterocycles. The summed E-state index contributed by atoms with van der Waals surface area (Å²) in [7, 11) is 0. The van der Waals surface area contributed by atoms with Crippen molar-refractivity contribution in [3.05, 3.63) is 65.7 Å². The summed E-state index contributed by atoms with van der Waals surface area (Å²) in [6, 6.07) is 16.7. The number of carbonyl (C=O) groups excluding carboxylic acids is 1. The van der Waals surface area contributed by atoms with Crippen molar-refractivity contribution < 1.29 is 9.90 Å². The van der Waals surface area contributed by atoms with Crippen molar-refractivity contribution in [3.8, 4) is 5.75 Å². The van der Waals surface area contributed by atoms with Crippen molar-refractivity contribution in [2.24, 2.45) is 5.73 Å². The number of hydrogen-bond donors (Lipinski definition) is 2. The Bertz CT molecular complexity index is 584. The van der Waals surface area contributed by atoms with Gasteiger partial charge in [0.05, 0.1) is 6.42 Å². The van der Waals surface area contributed by atoms with Crippen LogP contribution < -0.4 is 5.73 Å². The number of rotatable bonds is 6. The molecule has 0 bridgehead atoms. The third-order valence-corrected chi connectivity index (χ3v) is 3.30. The number of nitrogens with two attached hydrogens (primary N) is 1. The van der Waals surface area contributed by atoms with E-state index in [1.54, 1.807) is 23.1 Å². The monoisotopic (exact) mass is 284 g/mol. The third kappa shape index (κ3) is 4.33. The lowest BCUT2D eigenvalue weighted by Gasteiger charge is -2.22. The summed E-state index contributed by atoms with van der Waals surface area (Å²) in [6.45, 7) is 1.45. The maximum Gasteiger partial charge on any atom is 0.227 e. The quantitative estimate of drug-likeness (QED) is 0.851. The Morgan fingerprint density at radius 2 is 1.71 bits per heavy atom. The van der Waals surface area contributed by atoms with Gasteiger partial charge in [0.15, 0.2) is 0 Å². The molecule has 4 heteroatoms. The van der Waals surface area contributed by atoms with E-state index in [9.17, 15) is 9.90 Å². The number of aromatic hydroxyl groups is 1. The molecule has 3 N–H and O–H groups in total. The first-order valence-electron chi connectivity index (χ1n) is 6.99. The van der Waals surface area contributed by atoms with Gasteiger partial charge in [0, 0.05) is 25.2 Å². The van der Waals surface area contributed by atoms with Gasteiger partial charge in [-0.25, -0.2) is 0 Å². The largest absolute Gasteiger partial charge is 0.508 e. The molecule has 0 heterocycles. The van der Waals surface area contributed by atoms with Crippen molar-refractivity contribution >= 4 is 5.91 Å². The van der Waals surface area contributed by atoms with Gasteiger partial charge in [-0.05, 0) is 11.6 Å². The van der Waals surface area contributed by atoms with E-state index in [0.29, 0.717) is 25.2 Å². The lowest BCUT2D eigenvalue weighted by molar-refractivity contribution is -0.131. The summed E-state index contributed by atoms with van der Waals surface area (Å²) in [6.07, 6.45) is 0.180. The second-order valence-corrected chi connectivity index (χ2v) is 4.90. The van der Waals surface area contributed by atoms with Crippen molar-refractivity contribution in [1.29, 1.82) is 0 Å². The lowest BCUT2D eigenvalue weighted by Crippen LogP contribution is -2.35. The summed E-state index contributed by atoms with van der Waals surface area (Å²) in [5.41, 5.74) is 7.30. The van der Waals surface area contributed by atoms with Gasteiger partial charge in [-0.1, -0.05) is 48.5 Å². The molecule has 4 nitrogen and oxygen atoms in total. The summed E-state index contributed by atoms with van der Waals surface area (Å²) in [5, 5.41) is 9.77. The van der Waals surface area contributed by atoms with Crippen LogP contribution in [-0.2, 0) is 17.8 Å². The Kier molecular flexibility index (Phi) is 5.35. The van der Waals surface area contributed by atoms with Crippen molar-refractivity contribution in [3.63, 3.8) is 0 Å². The predicted octanol–water partition coefficient (Wildman–Crippen LogP) is 1.92. The fourth-order valence-corrected chi connectivity index (χ4v) is 2.19. The number of nitrogens with zero attached hydrogens (tertiary/aromatic N) is 1. The molecule has 1 amide bonds. The molecular formula is C17H20N2O2. The fraction of sp³-hybridized carbons (Fsp3) is 0.235. The molecular weight excluding hydrogens is 264 g/mol. The average molecular weight is 284 g/mol. The maximum absolute atomic E-state index is 12.4. The van der Waals surface area contributed by atoms with Gasteiger partial charge in [0.25, 0.3) is 0 Å². The zero-order valence-corrected chi connectivity index (χ0v) is 11.9. The van der Waals surface area contributed by atoms with Crippen LogP contribution in [0.25, 0.3) is 0 Å². The second kappa shape index (κ2) is 7.45.